The highest BCUT2D eigenvalue weighted by Crippen LogP contribution is 2.27. The lowest BCUT2D eigenvalue weighted by atomic mass is 10.2. The molecule has 0 amide bonds. The van der Waals surface area contributed by atoms with Crippen LogP contribution < -0.4 is 0 Å². The molecule has 9 heteroatoms. The second-order valence-electron chi connectivity index (χ2n) is 4.55. The van der Waals surface area contributed by atoms with E-state index in [1.54, 1.807) is 0 Å². The van der Waals surface area contributed by atoms with E-state index >= 15 is 0 Å². The van der Waals surface area contributed by atoms with Gasteiger partial charge in [-0.25, -0.2) is 8.42 Å². The first-order valence-corrected chi connectivity index (χ1v) is 7.66. The summed E-state index contributed by atoms with van der Waals surface area (Å²) in [5.74, 6) is -0.599. The fraction of sp³-hybridized carbons (Fsp3) is 0.417. The zero-order valence-corrected chi connectivity index (χ0v) is 12.1. The van der Waals surface area contributed by atoms with Gasteiger partial charge in [-0.1, -0.05) is 0 Å². The lowest BCUT2D eigenvalue weighted by Gasteiger charge is -2.21. The minimum absolute atomic E-state index is 0.0797. The number of benzene rings is 1. The van der Waals surface area contributed by atoms with E-state index in [1.807, 2.05) is 0 Å². The highest BCUT2D eigenvalue weighted by atomic mass is 32.2. The second-order valence-corrected chi connectivity index (χ2v) is 6.44. The molecule has 1 aromatic carbocycles. The van der Waals surface area contributed by atoms with E-state index in [0.717, 1.165) is 16.4 Å². The Labute approximate surface area is 121 Å². The molecule has 1 aliphatic heterocycles. The normalized spacial score (nSPS) is 19.4. The number of carbonyl (C=O) groups excluding carboxylic acids is 1. The first-order chi connectivity index (χ1) is 9.87. The molecule has 0 spiro atoms. The maximum absolute atomic E-state index is 12.5. The van der Waals surface area contributed by atoms with E-state index in [4.69, 9.17) is 0 Å². The van der Waals surface area contributed by atoms with Crippen LogP contribution in [0.2, 0.25) is 0 Å². The summed E-state index contributed by atoms with van der Waals surface area (Å²) in [4.78, 5) is 21.5. The summed E-state index contributed by atoms with van der Waals surface area (Å²) >= 11 is 0. The van der Waals surface area contributed by atoms with Gasteiger partial charge in [0.2, 0.25) is 10.0 Å². The molecule has 0 bridgehead atoms. The van der Waals surface area contributed by atoms with Crippen LogP contribution in [-0.4, -0.2) is 43.3 Å². The second kappa shape index (κ2) is 5.78. The number of esters is 1. The molecule has 1 fully saturated rings. The SMILES string of the molecule is COC(=O)[C@@H]1CCCN1S(=O)(=O)c1ccc([N+](=O)[O-])cc1. The summed E-state index contributed by atoms with van der Waals surface area (Å²) in [7, 11) is -2.67. The Balaban J connectivity index is 2.32. The molecule has 1 aromatic rings. The van der Waals surface area contributed by atoms with Crippen LogP contribution >= 0.6 is 0 Å². The molecule has 1 saturated heterocycles. The van der Waals surface area contributed by atoms with Crippen LogP contribution in [0.4, 0.5) is 5.69 Å². The Morgan fingerprint density at radius 3 is 2.52 bits per heavy atom. The van der Waals surface area contributed by atoms with E-state index in [0.29, 0.717) is 12.8 Å². The molecule has 0 N–H and O–H groups in total. The third kappa shape index (κ3) is 2.88. The molecule has 1 atom stereocenters. The molecule has 2 rings (SSSR count). The Morgan fingerprint density at radius 1 is 1.38 bits per heavy atom. The van der Waals surface area contributed by atoms with Gasteiger partial charge < -0.3 is 4.74 Å². The molecule has 0 unspecified atom stereocenters. The van der Waals surface area contributed by atoms with Crippen molar-refractivity contribution in [2.24, 2.45) is 0 Å². The number of ether oxygens (including phenoxy) is 1. The molecule has 1 aliphatic rings. The number of carbonyl (C=O) groups is 1. The Hall–Kier alpha value is -2.00. The molecule has 8 nitrogen and oxygen atoms in total. The zero-order valence-electron chi connectivity index (χ0n) is 11.3. The van der Waals surface area contributed by atoms with Crippen molar-refractivity contribution in [1.29, 1.82) is 0 Å². The molecule has 0 aliphatic carbocycles. The van der Waals surface area contributed by atoms with Crippen LogP contribution in [0.1, 0.15) is 12.8 Å². The van der Waals surface area contributed by atoms with Crippen molar-refractivity contribution in [3.05, 3.63) is 34.4 Å². The average molecular weight is 314 g/mol. The number of sulfonamides is 1. The average Bonchev–Trinajstić information content (AvgIpc) is 2.96. The Bertz CT molecular complexity index is 655. The van der Waals surface area contributed by atoms with E-state index < -0.39 is 27.0 Å². The first kappa shape index (κ1) is 15.4. The standard InChI is InChI=1S/C12H14N2O6S/c1-20-12(15)11-3-2-8-13(11)21(18,19)10-6-4-9(5-7-10)14(16)17/h4-7,11H,2-3,8H2,1H3/t11-/m0/s1. The minimum Gasteiger partial charge on any atom is -0.468 e. The number of rotatable bonds is 4. The highest BCUT2D eigenvalue weighted by Gasteiger charge is 2.40. The number of nitrogens with zero attached hydrogens (tertiary/aromatic N) is 2. The molecular weight excluding hydrogens is 300 g/mol. The molecule has 21 heavy (non-hydrogen) atoms. The predicted molar refractivity (Wildman–Crippen MR) is 72.0 cm³/mol. The van der Waals surface area contributed by atoms with E-state index in [1.165, 1.54) is 19.2 Å². The Kier molecular flexibility index (Phi) is 4.24. The van der Waals surface area contributed by atoms with Crippen molar-refractivity contribution < 1.29 is 22.9 Å². The third-order valence-electron chi connectivity index (χ3n) is 3.33. The van der Waals surface area contributed by atoms with Gasteiger partial charge in [-0.2, -0.15) is 4.31 Å². The van der Waals surface area contributed by atoms with Crippen molar-refractivity contribution in [3.8, 4) is 0 Å². The quantitative estimate of drug-likeness (QED) is 0.464. The monoisotopic (exact) mass is 314 g/mol. The zero-order chi connectivity index (χ0) is 15.6. The lowest BCUT2D eigenvalue weighted by Crippen LogP contribution is -2.40. The number of nitro benzene ring substituents is 1. The van der Waals surface area contributed by atoms with Gasteiger partial charge in [-0.05, 0) is 25.0 Å². The van der Waals surface area contributed by atoms with Crippen molar-refractivity contribution in [3.63, 3.8) is 0 Å². The summed E-state index contributed by atoms with van der Waals surface area (Å²) in [5, 5.41) is 10.6. The summed E-state index contributed by atoms with van der Waals surface area (Å²) in [5.41, 5.74) is -0.195. The number of hydrogen-bond donors (Lipinski definition) is 0. The number of non-ortho nitro benzene ring substituents is 1. The van der Waals surface area contributed by atoms with Crippen LogP contribution in [0.25, 0.3) is 0 Å². The van der Waals surface area contributed by atoms with Crippen molar-refractivity contribution in [2.75, 3.05) is 13.7 Å². The molecule has 0 radical (unpaired) electrons. The highest BCUT2D eigenvalue weighted by molar-refractivity contribution is 7.89. The van der Waals surface area contributed by atoms with Gasteiger partial charge in [0.1, 0.15) is 6.04 Å². The first-order valence-electron chi connectivity index (χ1n) is 6.22. The smallest absolute Gasteiger partial charge is 0.324 e. The van der Waals surface area contributed by atoms with E-state index in [2.05, 4.69) is 4.74 Å². The van der Waals surface area contributed by atoms with E-state index in [-0.39, 0.29) is 17.1 Å². The summed E-state index contributed by atoms with van der Waals surface area (Å²) in [6.45, 7) is 0.221. The van der Waals surface area contributed by atoms with Crippen molar-refractivity contribution in [2.45, 2.75) is 23.8 Å². The van der Waals surface area contributed by atoms with Gasteiger partial charge in [0.25, 0.3) is 5.69 Å². The molecule has 0 aromatic heterocycles. The van der Waals surface area contributed by atoms with Crippen molar-refractivity contribution in [1.82, 2.24) is 4.31 Å². The van der Waals surface area contributed by atoms with E-state index in [9.17, 15) is 23.3 Å². The van der Waals surface area contributed by atoms with Crippen LogP contribution in [0.3, 0.4) is 0 Å². The minimum atomic E-state index is -3.88. The fourth-order valence-electron chi connectivity index (χ4n) is 2.27. The Morgan fingerprint density at radius 2 is 2.00 bits per heavy atom. The maximum Gasteiger partial charge on any atom is 0.324 e. The molecular formula is C12H14N2O6S. The van der Waals surface area contributed by atoms with Crippen LogP contribution in [-0.2, 0) is 19.6 Å². The van der Waals surface area contributed by atoms with Gasteiger partial charge in [0.15, 0.2) is 0 Å². The van der Waals surface area contributed by atoms with Gasteiger partial charge >= 0.3 is 5.97 Å². The topological polar surface area (TPSA) is 107 Å². The number of hydrogen-bond acceptors (Lipinski definition) is 6. The van der Waals surface area contributed by atoms with Crippen LogP contribution in [0.5, 0.6) is 0 Å². The van der Waals surface area contributed by atoms with Gasteiger partial charge in [0, 0.05) is 18.7 Å². The number of methoxy groups -OCH3 is 1. The summed E-state index contributed by atoms with van der Waals surface area (Å²) in [6.07, 6.45) is 0.963. The van der Waals surface area contributed by atoms with Crippen molar-refractivity contribution >= 4 is 21.7 Å². The fourth-order valence-corrected chi connectivity index (χ4v) is 3.92. The predicted octanol–water partition coefficient (Wildman–Crippen LogP) is 0.921. The molecule has 0 saturated carbocycles. The maximum atomic E-state index is 12.5. The van der Waals surface area contributed by atoms with Crippen LogP contribution in [0, 0.1) is 10.1 Å². The van der Waals surface area contributed by atoms with Gasteiger partial charge in [0.05, 0.1) is 16.9 Å². The lowest BCUT2D eigenvalue weighted by molar-refractivity contribution is -0.384. The molecule has 114 valence electrons. The third-order valence-corrected chi connectivity index (χ3v) is 5.25. The van der Waals surface area contributed by atoms with Gasteiger partial charge in [-0.15, -0.1) is 0 Å². The van der Waals surface area contributed by atoms with Gasteiger partial charge in [-0.3, -0.25) is 14.9 Å². The summed E-state index contributed by atoms with van der Waals surface area (Å²) in [6, 6.07) is 3.74. The summed E-state index contributed by atoms with van der Waals surface area (Å²) < 4.78 is 30.7. The largest absolute Gasteiger partial charge is 0.468 e. The molecule has 1 heterocycles. The van der Waals surface area contributed by atoms with Crippen LogP contribution in [0.15, 0.2) is 29.2 Å². The number of nitro groups is 1.